The summed E-state index contributed by atoms with van der Waals surface area (Å²) < 4.78 is 1.21. The molecule has 3 rings (SSSR count). The van der Waals surface area contributed by atoms with E-state index in [0.29, 0.717) is 0 Å². The molecule has 3 N–H and O–H groups in total. The molecular weight excluding hydrogens is 264 g/mol. The van der Waals surface area contributed by atoms with E-state index in [1.165, 1.54) is 10.6 Å². The summed E-state index contributed by atoms with van der Waals surface area (Å²) >= 11 is 0. The number of nitrogens with zero attached hydrogens (tertiary/aromatic N) is 2. The van der Waals surface area contributed by atoms with Gasteiger partial charge in [0.25, 0.3) is 17.4 Å². The van der Waals surface area contributed by atoms with E-state index in [1.807, 2.05) is 0 Å². The Kier molecular flexibility index (Phi) is 2.50. The maximum Gasteiger partial charge on any atom is 0.275 e. The molecular formula is C12H8N4O4. The monoisotopic (exact) mass is 272 g/mol. The van der Waals surface area contributed by atoms with Gasteiger partial charge >= 0.3 is 0 Å². The van der Waals surface area contributed by atoms with Gasteiger partial charge in [0.15, 0.2) is 0 Å². The number of rotatable bonds is 1. The summed E-state index contributed by atoms with van der Waals surface area (Å²) in [7, 11) is 0. The number of aromatic nitrogens is 2. The van der Waals surface area contributed by atoms with Crippen LogP contribution in [0.1, 0.15) is 5.56 Å². The quantitative estimate of drug-likeness (QED) is 0.452. The Labute approximate surface area is 111 Å². The fraction of sp³-hybridized carbons (Fsp3) is 0. The van der Waals surface area contributed by atoms with Crippen molar-refractivity contribution in [2.75, 3.05) is 0 Å². The Hall–Kier alpha value is -3.16. The molecule has 0 saturated carbocycles. The molecule has 2 amide bonds. The summed E-state index contributed by atoms with van der Waals surface area (Å²) in [5.74, 6) is -1.89. The van der Waals surface area contributed by atoms with Crippen molar-refractivity contribution in [3.8, 4) is 5.88 Å². The first-order valence-electron chi connectivity index (χ1n) is 5.60. The van der Waals surface area contributed by atoms with Crippen molar-refractivity contribution in [3.05, 3.63) is 45.9 Å². The predicted octanol–water partition coefficient (Wildman–Crippen LogP) is -1.06. The van der Waals surface area contributed by atoms with Gasteiger partial charge in [0, 0.05) is 6.20 Å². The zero-order chi connectivity index (χ0) is 14.3. The first kappa shape index (κ1) is 11.9. The molecule has 0 radical (unpaired) electrons. The van der Waals surface area contributed by atoms with Gasteiger partial charge in [-0.1, -0.05) is 6.07 Å². The van der Waals surface area contributed by atoms with Crippen molar-refractivity contribution in [2.45, 2.75) is 0 Å². The molecule has 0 aromatic carbocycles. The molecule has 3 heterocycles. The zero-order valence-electron chi connectivity index (χ0n) is 9.95. The first-order chi connectivity index (χ1) is 9.58. The molecule has 8 nitrogen and oxygen atoms in total. The van der Waals surface area contributed by atoms with Gasteiger partial charge in [-0.2, -0.15) is 4.98 Å². The summed E-state index contributed by atoms with van der Waals surface area (Å²) in [6.07, 6.45) is 2.49. The highest BCUT2D eigenvalue weighted by molar-refractivity contribution is 6.25. The Balaban J connectivity index is 2.27. The fourth-order valence-electron chi connectivity index (χ4n) is 1.84. The number of carbonyl (C=O) groups excluding carboxylic acids is 2. The van der Waals surface area contributed by atoms with Gasteiger partial charge in [0.2, 0.25) is 5.88 Å². The normalized spacial score (nSPS) is 14.3. The second-order valence-electron chi connectivity index (χ2n) is 4.05. The number of pyridine rings is 1. The number of aromatic hydroxyl groups is 1. The third-order valence-corrected chi connectivity index (χ3v) is 2.82. The van der Waals surface area contributed by atoms with Crippen LogP contribution in [0.3, 0.4) is 0 Å². The van der Waals surface area contributed by atoms with Crippen LogP contribution in [0.25, 0.3) is 11.7 Å². The van der Waals surface area contributed by atoms with Crippen LogP contribution in [-0.4, -0.2) is 26.3 Å². The average Bonchev–Trinajstić information content (AvgIpc) is 2.74. The Morgan fingerprint density at radius 2 is 1.85 bits per heavy atom. The lowest BCUT2D eigenvalue weighted by Crippen LogP contribution is -2.28. The molecule has 0 unspecified atom stereocenters. The fourth-order valence-corrected chi connectivity index (χ4v) is 1.84. The number of carbonyl (C=O) groups is 2. The lowest BCUT2D eigenvalue weighted by Gasteiger charge is -2.03. The van der Waals surface area contributed by atoms with Crippen molar-refractivity contribution in [3.63, 3.8) is 0 Å². The standard InChI is InChI=1S/C12H8N4O4/c17-9-7(5-6-10(18)14-15-11(6)19)12(20)16-4-2-1-3-8(16)13-9/h1-5,17H,(H,14,18)(H,15,19). The van der Waals surface area contributed by atoms with Crippen molar-refractivity contribution >= 4 is 23.5 Å². The predicted molar refractivity (Wildman–Crippen MR) is 67.4 cm³/mol. The minimum atomic E-state index is -0.674. The van der Waals surface area contributed by atoms with E-state index in [4.69, 9.17) is 0 Å². The molecule has 1 saturated heterocycles. The smallest absolute Gasteiger partial charge is 0.275 e. The van der Waals surface area contributed by atoms with Crippen LogP contribution in [0, 0.1) is 0 Å². The highest BCUT2D eigenvalue weighted by Crippen LogP contribution is 2.15. The molecule has 20 heavy (non-hydrogen) atoms. The summed E-state index contributed by atoms with van der Waals surface area (Å²) in [5.41, 5.74) is 3.39. The lowest BCUT2D eigenvalue weighted by molar-refractivity contribution is -0.117. The van der Waals surface area contributed by atoms with Gasteiger partial charge in [0.1, 0.15) is 16.8 Å². The Morgan fingerprint density at radius 3 is 2.55 bits per heavy atom. The molecule has 0 aliphatic carbocycles. The average molecular weight is 272 g/mol. The molecule has 1 aliphatic rings. The van der Waals surface area contributed by atoms with E-state index < -0.39 is 23.3 Å². The van der Waals surface area contributed by atoms with E-state index >= 15 is 0 Å². The highest BCUT2D eigenvalue weighted by Gasteiger charge is 2.26. The molecule has 0 atom stereocenters. The Morgan fingerprint density at radius 1 is 1.15 bits per heavy atom. The highest BCUT2D eigenvalue weighted by atomic mass is 16.3. The van der Waals surface area contributed by atoms with Gasteiger partial charge in [-0.25, -0.2) is 0 Å². The van der Waals surface area contributed by atoms with Gasteiger partial charge in [0.05, 0.1) is 0 Å². The maximum absolute atomic E-state index is 12.2. The molecule has 0 spiro atoms. The SMILES string of the molecule is O=C1NNC(=O)C1=Cc1c(O)nc2ccccn2c1=O. The number of hydrogen-bond donors (Lipinski definition) is 3. The van der Waals surface area contributed by atoms with Gasteiger partial charge < -0.3 is 5.11 Å². The number of fused-ring (bicyclic) bond motifs is 1. The molecule has 0 bridgehead atoms. The largest absolute Gasteiger partial charge is 0.493 e. The molecule has 1 fully saturated rings. The van der Waals surface area contributed by atoms with E-state index in [0.717, 1.165) is 6.08 Å². The minimum Gasteiger partial charge on any atom is -0.493 e. The molecule has 1 aliphatic heterocycles. The Bertz CT molecular complexity index is 819. The summed E-state index contributed by atoms with van der Waals surface area (Å²) in [6, 6.07) is 4.84. The van der Waals surface area contributed by atoms with Gasteiger partial charge in [-0.05, 0) is 18.2 Å². The minimum absolute atomic E-state index is 0.226. The molecule has 100 valence electrons. The van der Waals surface area contributed by atoms with Crippen molar-refractivity contribution in [2.24, 2.45) is 0 Å². The van der Waals surface area contributed by atoms with Crippen LogP contribution in [-0.2, 0) is 9.59 Å². The topological polar surface area (TPSA) is 113 Å². The zero-order valence-corrected chi connectivity index (χ0v) is 9.95. The van der Waals surface area contributed by atoms with Crippen LogP contribution in [0.2, 0.25) is 0 Å². The van der Waals surface area contributed by atoms with E-state index in [1.54, 1.807) is 18.2 Å². The number of amides is 2. The van der Waals surface area contributed by atoms with E-state index in [-0.39, 0.29) is 16.8 Å². The maximum atomic E-state index is 12.2. The van der Waals surface area contributed by atoms with Gasteiger partial charge in [-0.3, -0.25) is 29.6 Å². The number of hydrogen-bond acceptors (Lipinski definition) is 5. The van der Waals surface area contributed by atoms with E-state index in [9.17, 15) is 19.5 Å². The second-order valence-corrected chi connectivity index (χ2v) is 4.05. The van der Waals surface area contributed by atoms with Crippen molar-refractivity contribution in [1.82, 2.24) is 20.2 Å². The summed E-state index contributed by atoms with van der Waals surface area (Å²) in [5, 5.41) is 9.79. The second kappa shape index (κ2) is 4.19. The van der Waals surface area contributed by atoms with Gasteiger partial charge in [-0.15, -0.1) is 0 Å². The lowest BCUT2D eigenvalue weighted by atomic mass is 10.1. The molecule has 8 heteroatoms. The molecule has 2 aromatic rings. The van der Waals surface area contributed by atoms with Crippen LogP contribution in [0.5, 0.6) is 5.88 Å². The number of nitrogens with one attached hydrogen (secondary N) is 2. The third-order valence-electron chi connectivity index (χ3n) is 2.82. The van der Waals surface area contributed by atoms with Crippen LogP contribution in [0.15, 0.2) is 34.8 Å². The molecule has 2 aromatic heterocycles. The number of hydrazine groups is 1. The van der Waals surface area contributed by atoms with Crippen LogP contribution in [0.4, 0.5) is 0 Å². The van der Waals surface area contributed by atoms with Crippen LogP contribution >= 0.6 is 0 Å². The van der Waals surface area contributed by atoms with E-state index in [2.05, 4.69) is 15.8 Å². The third kappa shape index (κ3) is 1.70. The van der Waals surface area contributed by atoms with Crippen LogP contribution < -0.4 is 16.4 Å². The van der Waals surface area contributed by atoms with Crippen molar-refractivity contribution < 1.29 is 14.7 Å². The first-order valence-corrected chi connectivity index (χ1v) is 5.60. The van der Waals surface area contributed by atoms with Crippen molar-refractivity contribution in [1.29, 1.82) is 0 Å². The summed E-state index contributed by atoms with van der Waals surface area (Å²) in [4.78, 5) is 38.8. The summed E-state index contributed by atoms with van der Waals surface area (Å²) in [6.45, 7) is 0.